The lowest BCUT2D eigenvalue weighted by Gasteiger charge is -2.34. The summed E-state index contributed by atoms with van der Waals surface area (Å²) in [6, 6.07) is -0.364. The van der Waals surface area contributed by atoms with Crippen LogP contribution < -0.4 is 16.2 Å². The van der Waals surface area contributed by atoms with Crippen LogP contribution in [-0.2, 0) is 19.1 Å². The number of rotatable bonds is 4. The van der Waals surface area contributed by atoms with E-state index in [4.69, 9.17) is 9.84 Å². The molecule has 4 N–H and O–H groups in total. The molecule has 4 atom stereocenters. The lowest BCUT2D eigenvalue weighted by Crippen LogP contribution is -2.52. The summed E-state index contributed by atoms with van der Waals surface area (Å²) in [6.45, 7) is 0. The quantitative estimate of drug-likeness (QED) is 0.518. The highest BCUT2D eigenvalue weighted by Gasteiger charge is 2.50. The van der Waals surface area contributed by atoms with E-state index < -0.39 is 54.4 Å². The molecule has 3 amide bonds. The molecule has 1 aliphatic carbocycles. The fourth-order valence-corrected chi connectivity index (χ4v) is 3.63. The second-order valence-corrected chi connectivity index (χ2v) is 6.68. The summed E-state index contributed by atoms with van der Waals surface area (Å²) in [4.78, 5) is 34.6. The van der Waals surface area contributed by atoms with Crippen molar-refractivity contribution in [3.8, 4) is 0 Å². The van der Waals surface area contributed by atoms with Crippen molar-refractivity contribution in [1.82, 2.24) is 16.2 Å². The van der Waals surface area contributed by atoms with Crippen LogP contribution in [0.1, 0.15) is 25.7 Å². The zero-order chi connectivity index (χ0) is 19.1. The van der Waals surface area contributed by atoms with Crippen LogP contribution in [0.2, 0.25) is 0 Å². The minimum absolute atomic E-state index is 0.0685. The van der Waals surface area contributed by atoms with Crippen molar-refractivity contribution in [3.63, 3.8) is 0 Å². The third kappa shape index (κ3) is 4.18. The van der Waals surface area contributed by atoms with Gasteiger partial charge in [0.1, 0.15) is 0 Å². The summed E-state index contributed by atoms with van der Waals surface area (Å²) in [5, 5.41) is 11.1. The standard InChI is InChI=1S/C14H18F3N3O6/c15-14(16,17)26-6-1-5(2-6)11(21)19-20-12(22)7-3-10-8(18-13(23)24)4-9(7)25-10/h5-10,18H,1-4H2,(H,19,21)(H,20,22)(H,23,24). The van der Waals surface area contributed by atoms with E-state index in [1.807, 2.05) is 0 Å². The number of nitrogens with one attached hydrogen (secondary N) is 3. The first kappa shape index (κ1) is 18.7. The molecule has 1 saturated carbocycles. The maximum atomic E-state index is 12.1. The van der Waals surface area contributed by atoms with E-state index in [9.17, 15) is 27.6 Å². The summed E-state index contributed by atoms with van der Waals surface area (Å²) in [5.41, 5.74) is 4.47. The van der Waals surface area contributed by atoms with Gasteiger partial charge in [-0.3, -0.25) is 25.2 Å². The van der Waals surface area contributed by atoms with Crippen molar-refractivity contribution in [2.75, 3.05) is 0 Å². The van der Waals surface area contributed by atoms with Crippen LogP contribution in [0, 0.1) is 11.8 Å². The third-order valence-corrected chi connectivity index (χ3v) is 4.94. The van der Waals surface area contributed by atoms with E-state index in [0.717, 1.165) is 0 Å². The van der Waals surface area contributed by atoms with Gasteiger partial charge in [0.05, 0.1) is 30.3 Å². The zero-order valence-corrected chi connectivity index (χ0v) is 13.4. The van der Waals surface area contributed by atoms with Gasteiger partial charge >= 0.3 is 12.5 Å². The molecule has 0 spiro atoms. The van der Waals surface area contributed by atoms with Crippen LogP contribution in [0.25, 0.3) is 0 Å². The average Bonchev–Trinajstić information content (AvgIpc) is 3.06. The Hall–Kier alpha value is -2.08. The van der Waals surface area contributed by atoms with E-state index in [1.54, 1.807) is 0 Å². The molecule has 9 nitrogen and oxygen atoms in total. The smallest absolute Gasteiger partial charge is 0.465 e. The Kier molecular flexibility index (Phi) is 4.97. The fraction of sp³-hybridized carbons (Fsp3) is 0.786. The van der Waals surface area contributed by atoms with Crippen LogP contribution in [0.5, 0.6) is 0 Å². The van der Waals surface area contributed by atoms with E-state index >= 15 is 0 Å². The van der Waals surface area contributed by atoms with Gasteiger partial charge < -0.3 is 15.2 Å². The third-order valence-electron chi connectivity index (χ3n) is 4.94. The van der Waals surface area contributed by atoms with Gasteiger partial charge in [0.15, 0.2) is 0 Å². The van der Waals surface area contributed by atoms with Crippen LogP contribution in [0.4, 0.5) is 18.0 Å². The molecular formula is C14H18F3N3O6. The number of alkyl halides is 3. The number of fused-ring (bicyclic) bond motifs is 2. The highest BCUT2D eigenvalue weighted by molar-refractivity contribution is 5.85. The summed E-state index contributed by atoms with van der Waals surface area (Å²) >= 11 is 0. The predicted octanol–water partition coefficient (Wildman–Crippen LogP) is 0.262. The van der Waals surface area contributed by atoms with Crippen molar-refractivity contribution in [1.29, 1.82) is 0 Å². The molecule has 0 aromatic carbocycles. The van der Waals surface area contributed by atoms with Crippen molar-refractivity contribution < 1.29 is 42.1 Å². The topological polar surface area (TPSA) is 126 Å². The largest absolute Gasteiger partial charge is 0.522 e. The summed E-state index contributed by atoms with van der Waals surface area (Å²) in [7, 11) is 0. The van der Waals surface area contributed by atoms with E-state index in [-0.39, 0.29) is 18.9 Å². The van der Waals surface area contributed by atoms with Crippen molar-refractivity contribution in [2.24, 2.45) is 11.8 Å². The molecule has 4 unspecified atom stereocenters. The van der Waals surface area contributed by atoms with Crippen molar-refractivity contribution >= 4 is 17.9 Å². The number of carbonyl (C=O) groups is 3. The maximum absolute atomic E-state index is 12.1. The Morgan fingerprint density at radius 2 is 1.65 bits per heavy atom. The predicted molar refractivity (Wildman–Crippen MR) is 76.3 cm³/mol. The number of halogens is 3. The number of ether oxygens (including phenoxy) is 2. The van der Waals surface area contributed by atoms with Crippen LogP contribution in [-0.4, -0.2) is 53.7 Å². The highest BCUT2D eigenvalue weighted by Crippen LogP contribution is 2.39. The van der Waals surface area contributed by atoms with Crippen molar-refractivity contribution in [3.05, 3.63) is 0 Å². The fourth-order valence-electron chi connectivity index (χ4n) is 3.63. The van der Waals surface area contributed by atoms with Gasteiger partial charge in [-0.15, -0.1) is 13.2 Å². The Morgan fingerprint density at radius 3 is 2.19 bits per heavy atom. The zero-order valence-electron chi connectivity index (χ0n) is 13.4. The molecule has 2 heterocycles. The average molecular weight is 381 g/mol. The summed E-state index contributed by atoms with van der Waals surface area (Å²) in [6.07, 6.45) is -7.22. The van der Waals surface area contributed by atoms with Gasteiger partial charge in [0.2, 0.25) is 11.8 Å². The van der Waals surface area contributed by atoms with Gasteiger partial charge in [-0.25, -0.2) is 4.79 Å². The molecule has 0 radical (unpaired) electrons. The lowest BCUT2D eigenvalue weighted by atomic mass is 9.82. The Balaban J connectivity index is 1.37. The van der Waals surface area contributed by atoms with Gasteiger partial charge in [0, 0.05) is 5.92 Å². The minimum Gasteiger partial charge on any atom is -0.465 e. The van der Waals surface area contributed by atoms with Crippen LogP contribution in [0.15, 0.2) is 0 Å². The Bertz CT molecular complexity index is 595. The maximum Gasteiger partial charge on any atom is 0.522 e. The van der Waals surface area contributed by atoms with Gasteiger partial charge in [-0.05, 0) is 25.7 Å². The number of hydrogen-bond donors (Lipinski definition) is 4. The monoisotopic (exact) mass is 381 g/mol. The van der Waals surface area contributed by atoms with Gasteiger partial charge in [-0.2, -0.15) is 0 Å². The number of hydrogen-bond acceptors (Lipinski definition) is 5. The first-order valence-corrected chi connectivity index (χ1v) is 8.11. The molecule has 12 heteroatoms. The Morgan fingerprint density at radius 1 is 1.00 bits per heavy atom. The molecule has 2 saturated heterocycles. The highest BCUT2D eigenvalue weighted by atomic mass is 19.4. The lowest BCUT2D eigenvalue weighted by molar-refractivity contribution is -0.353. The van der Waals surface area contributed by atoms with Crippen molar-refractivity contribution in [2.45, 2.75) is 56.4 Å². The number of carbonyl (C=O) groups excluding carboxylic acids is 2. The second kappa shape index (κ2) is 6.91. The Labute approximate surface area is 145 Å². The van der Waals surface area contributed by atoms with Gasteiger partial charge in [0.25, 0.3) is 0 Å². The number of amides is 3. The van der Waals surface area contributed by atoms with Crippen LogP contribution >= 0.6 is 0 Å². The van der Waals surface area contributed by atoms with Gasteiger partial charge in [-0.1, -0.05) is 0 Å². The molecule has 146 valence electrons. The van der Waals surface area contributed by atoms with Crippen LogP contribution in [0.3, 0.4) is 0 Å². The molecular weight excluding hydrogens is 363 g/mol. The van der Waals surface area contributed by atoms with E-state index in [0.29, 0.717) is 12.8 Å². The molecule has 2 bridgehead atoms. The molecule has 3 aliphatic rings. The summed E-state index contributed by atoms with van der Waals surface area (Å²) in [5.74, 6) is -2.21. The van der Waals surface area contributed by atoms with E-state index in [2.05, 4.69) is 20.9 Å². The molecule has 3 fully saturated rings. The SMILES string of the molecule is O=C(O)NC1CC2OC1CC2C(=O)NNC(=O)C1CC(OC(F)(F)F)C1. The first-order valence-electron chi connectivity index (χ1n) is 8.11. The van der Waals surface area contributed by atoms with E-state index in [1.165, 1.54) is 0 Å². The number of carboxylic acid groups (broad SMARTS) is 1. The molecule has 0 aromatic heterocycles. The first-order chi connectivity index (χ1) is 12.1. The molecule has 0 aromatic rings. The molecule has 3 rings (SSSR count). The summed E-state index contributed by atoms with van der Waals surface area (Å²) < 4.78 is 45.4. The normalized spacial score (nSPS) is 35.5. The molecule has 2 aliphatic heterocycles. The minimum atomic E-state index is -4.73. The number of hydrazine groups is 1. The second-order valence-electron chi connectivity index (χ2n) is 6.68. The molecule has 26 heavy (non-hydrogen) atoms.